The minimum atomic E-state index is -0.846. The number of carbonyl (C=O) groups is 1. The predicted octanol–water partition coefficient (Wildman–Crippen LogP) is 3.71. The van der Waals surface area contributed by atoms with Crippen molar-refractivity contribution in [2.24, 2.45) is 0 Å². The number of likely N-dealkylation sites (tertiary alicyclic amines) is 1. The molecule has 0 radical (unpaired) electrons. The number of nitrogens with zero attached hydrogens (tertiary/aromatic N) is 1. The van der Waals surface area contributed by atoms with Gasteiger partial charge in [0.05, 0.1) is 0 Å². The van der Waals surface area contributed by atoms with E-state index in [1.165, 1.54) is 25.8 Å². The van der Waals surface area contributed by atoms with Gasteiger partial charge in [0.15, 0.2) is 10.7 Å². The van der Waals surface area contributed by atoms with Crippen LogP contribution in [0.25, 0.3) is 0 Å². The van der Waals surface area contributed by atoms with Crippen molar-refractivity contribution < 1.29 is 9.53 Å². The molecule has 28 heavy (non-hydrogen) atoms. The van der Waals surface area contributed by atoms with E-state index in [0.29, 0.717) is 11.2 Å². The van der Waals surface area contributed by atoms with Crippen molar-refractivity contribution in [2.75, 3.05) is 19.7 Å². The molecule has 0 saturated carbocycles. The van der Waals surface area contributed by atoms with Gasteiger partial charge in [0.25, 0.3) is 5.91 Å². The topological polar surface area (TPSA) is 53.6 Å². The van der Waals surface area contributed by atoms with E-state index in [4.69, 9.17) is 28.6 Å². The standard InChI is InChI=1S/C20H28ClN3O2S.ClH/c1-14-6-3-4-10-24(14)11-5-7-15-12-16(8-9-17(15)21)26-13-20(2)18(25)22-19(27)23-20;/h8-9,12,14H,3-7,10-11,13H2,1-2H3,(H2,22,23,25,27);1H. The van der Waals surface area contributed by atoms with Crippen molar-refractivity contribution in [1.82, 2.24) is 15.5 Å². The first-order valence-electron chi connectivity index (χ1n) is 9.66. The van der Waals surface area contributed by atoms with Gasteiger partial charge in [-0.15, -0.1) is 12.4 Å². The highest BCUT2D eigenvalue weighted by Gasteiger charge is 2.41. The van der Waals surface area contributed by atoms with Crippen LogP contribution in [0.4, 0.5) is 0 Å². The molecule has 0 aliphatic carbocycles. The van der Waals surface area contributed by atoms with Crippen LogP contribution in [0.15, 0.2) is 18.2 Å². The van der Waals surface area contributed by atoms with Gasteiger partial charge in [0, 0.05) is 11.1 Å². The van der Waals surface area contributed by atoms with E-state index in [9.17, 15) is 4.79 Å². The van der Waals surface area contributed by atoms with Gasteiger partial charge in [0.2, 0.25) is 0 Å². The third-order valence-electron chi connectivity index (χ3n) is 5.49. The van der Waals surface area contributed by atoms with Crippen LogP contribution in [-0.4, -0.2) is 47.2 Å². The number of halogens is 2. The third-order valence-corrected chi connectivity index (χ3v) is 6.07. The zero-order valence-corrected chi connectivity index (χ0v) is 18.8. The smallest absolute Gasteiger partial charge is 0.255 e. The monoisotopic (exact) mass is 445 g/mol. The number of amides is 1. The largest absolute Gasteiger partial charge is 0.491 e. The van der Waals surface area contributed by atoms with Crippen LogP contribution in [0.2, 0.25) is 5.02 Å². The number of benzene rings is 1. The number of hydrogen-bond donors (Lipinski definition) is 2. The summed E-state index contributed by atoms with van der Waals surface area (Å²) in [5, 5.41) is 6.67. The van der Waals surface area contributed by atoms with Crippen LogP contribution in [0, 0.1) is 0 Å². The summed E-state index contributed by atoms with van der Waals surface area (Å²) in [6, 6.07) is 6.37. The van der Waals surface area contributed by atoms with Gasteiger partial charge in [-0.25, -0.2) is 0 Å². The quantitative estimate of drug-likeness (QED) is 0.626. The van der Waals surface area contributed by atoms with Gasteiger partial charge >= 0.3 is 0 Å². The molecule has 8 heteroatoms. The van der Waals surface area contributed by atoms with E-state index in [1.54, 1.807) is 6.92 Å². The summed E-state index contributed by atoms with van der Waals surface area (Å²) in [6.07, 6.45) is 5.94. The van der Waals surface area contributed by atoms with Gasteiger partial charge < -0.3 is 20.3 Å². The average Bonchev–Trinajstić information content (AvgIpc) is 2.89. The van der Waals surface area contributed by atoms with Gasteiger partial charge in [-0.05, 0) is 88.6 Å². The molecule has 2 atom stereocenters. The Kier molecular flexibility index (Phi) is 8.37. The predicted molar refractivity (Wildman–Crippen MR) is 120 cm³/mol. The lowest BCUT2D eigenvalue weighted by molar-refractivity contribution is -0.124. The van der Waals surface area contributed by atoms with Crippen molar-refractivity contribution in [3.8, 4) is 5.75 Å². The fraction of sp³-hybridized carbons (Fsp3) is 0.600. The summed E-state index contributed by atoms with van der Waals surface area (Å²) >= 11 is 11.4. The number of carbonyl (C=O) groups excluding carboxylic acids is 1. The summed E-state index contributed by atoms with van der Waals surface area (Å²) in [4.78, 5) is 14.6. The maximum Gasteiger partial charge on any atom is 0.255 e. The van der Waals surface area contributed by atoms with Crippen molar-refractivity contribution in [3.63, 3.8) is 0 Å². The fourth-order valence-corrected chi connectivity index (χ4v) is 4.23. The summed E-state index contributed by atoms with van der Waals surface area (Å²) in [5.74, 6) is 0.548. The zero-order chi connectivity index (χ0) is 19.4. The van der Waals surface area contributed by atoms with Gasteiger partial charge in [0.1, 0.15) is 12.4 Å². The van der Waals surface area contributed by atoms with Crippen molar-refractivity contribution in [1.29, 1.82) is 0 Å². The Balaban J connectivity index is 0.00000280. The van der Waals surface area contributed by atoms with E-state index < -0.39 is 5.54 Å². The minimum absolute atomic E-state index is 0. The maximum atomic E-state index is 12.0. The highest BCUT2D eigenvalue weighted by atomic mass is 35.5. The second-order valence-electron chi connectivity index (χ2n) is 7.77. The molecule has 156 valence electrons. The lowest BCUT2D eigenvalue weighted by Gasteiger charge is -2.33. The molecule has 2 heterocycles. The average molecular weight is 446 g/mol. The molecule has 2 aliphatic rings. The summed E-state index contributed by atoms with van der Waals surface area (Å²) in [6.45, 7) is 6.60. The van der Waals surface area contributed by atoms with Crippen LogP contribution in [-0.2, 0) is 11.2 Å². The Hall–Kier alpha value is -1.08. The lowest BCUT2D eigenvalue weighted by Crippen LogP contribution is -2.48. The molecule has 3 rings (SSSR count). The van der Waals surface area contributed by atoms with Crippen molar-refractivity contribution in [3.05, 3.63) is 28.8 Å². The summed E-state index contributed by atoms with van der Waals surface area (Å²) < 4.78 is 5.87. The second-order valence-corrected chi connectivity index (χ2v) is 8.58. The normalized spacial score (nSPS) is 25.0. The van der Waals surface area contributed by atoms with Gasteiger partial charge in [-0.3, -0.25) is 4.79 Å². The van der Waals surface area contributed by atoms with E-state index in [2.05, 4.69) is 22.5 Å². The van der Waals surface area contributed by atoms with E-state index >= 15 is 0 Å². The molecule has 1 aromatic carbocycles. The molecule has 0 spiro atoms. The van der Waals surface area contributed by atoms with Crippen LogP contribution in [0.5, 0.6) is 5.75 Å². The molecule has 0 bridgehead atoms. The molecule has 5 nitrogen and oxygen atoms in total. The van der Waals surface area contributed by atoms with E-state index in [0.717, 1.165) is 35.7 Å². The fourth-order valence-electron chi connectivity index (χ4n) is 3.70. The number of hydrogen-bond acceptors (Lipinski definition) is 4. The number of piperidine rings is 1. The Morgan fingerprint density at radius 3 is 2.86 bits per heavy atom. The first kappa shape index (κ1) is 23.2. The van der Waals surface area contributed by atoms with Crippen LogP contribution < -0.4 is 15.4 Å². The highest BCUT2D eigenvalue weighted by Crippen LogP contribution is 2.25. The number of nitrogens with one attached hydrogen (secondary N) is 2. The van der Waals surface area contributed by atoms with Crippen molar-refractivity contribution >= 4 is 47.2 Å². The van der Waals surface area contributed by atoms with E-state index in [1.807, 2.05) is 18.2 Å². The number of thiocarbonyl (C=S) groups is 1. The third kappa shape index (κ3) is 5.72. The second kappa shape index (κ2) is 10.1. The number of rotatable bonds is 7. The molecule has 1 aromatic rings. The molecule has 0 aromatic heterocycles. The van der Waals surface area contributed by atoms with E-state index in [-0.39, 0.29) is 24.9 Å². The first-order chi connectivity index (χ1) is 12.9. The van der Waals surface area contributed by atoms with Gasteiger partial charge in [-0.1, -0.05) is 18.0 Å². The molecular weight excluding hydrogens is 417 g/mol. The maximum absolute atomic E-state index is 12.0. The molecule has 2 N–H and O–H groups in total. The van der Waals surface area contributed by atoms with Crippen LogP contribution in [0.1, 0.15) is 45.1 Å². The number of ether oxygens (including phenoxy) is 1. The SMILES string of the molecule is CC1CCCCN1CCCc1cc(OCC2(C)NC(=S)NC2=O)ccc1Cl.Cl. The van der Waals surface area contributed by atoms with Crippen LogP contribution in [0.3, 0.4) is 0 Å². The first-order valence-corrected chi connectivity index (χ1v) is 10.4. The van der Waals surface area contributed by atoms with Gasteiger partial charge in [-0.2, -0.15) is 0 Å². The number of aryl methyl sites for hydroxylation is 1. The molecular formula is C20H29Cl2N3O2S. The van der Waals surface area contributed by atoms with Crippen LogP contribution >= 0.6 is 36.2 Å². The Bertz CT molecular complexity index is 719. The lowest BCUT2D eigenvalue weighted by atomic mass is 10.0. The Labute approximate surface area is 183 Å². The highest BCUT2D eigenvalue weighted by molar-refractivity contribution is 7.80. The summed E-state index contributed by atoms with van der Waals surface area (Å²) in [5.41, 5.74) is 0.240. The summed E-state index contributed by atoms with van der Waals surface area (Å²) in [7, 11) is 0. The Morgan fingerprint density at radius 2 is 2.18 bits per heavy atom. The molecule has 1 amide bonds. The molecule has 2 saturated heterocycles. The zero-order valence-electron chi connectivity index (χ0n) is 16.4. The molecule has 2 unspecified atom stereocenters. The Morgan fingerprint density at radius 1 is 1.39 bits per heavy atom. The molecule has 2 fully saturated rings. The minimum Gasteiger partial charge on any atom is -0.491 e. The molecule has 2 aliphatic heterocycles. The van der Waals surface area contributed by atoms with Crippen molar-refractivity contribution in [2.45, 2.75) is 57.5 Å².